The second-order valence-corrected chi connectivity index (χ2v) is 7.61. The highest BCUT2D eigenvalue weighted by atomic mass is 35.5. The molecule has 2 heterocycles. The number of para-hydroxylation sites is 2. The number of hydrogen-bond donors (Lipinski definition) is 5. The molecule has 0 bridgehead atoms. The van der Waals surface area contributed by atoms with Crippen LogP contribution in [0.4, 0.5) is 0 Å². The highest BCUT2D eigenvalue weighted by Gasteiger charge is 2.16. The number of carbonyl (C=O) groups is 2. The van der Waals surface area contributed by atoms with E-state index in [1.807, 2.05) is 60.9 Å². The van der Waals surface area contributed by atoms with Gasteiger partial charge < -0.3 is 31.3 Å². The Labute approximate surface area is 209 Å². The Hall–Kier alpha value is -3.04. The molecule has 7 N–H and O–H groups in total. The molecule has 0 unspecified atom stereocenters. The van der Waals surface area contributed by atoms with Crippen molar-refractivity contribution in [3.8, 4) is 0 Å². The molecule has 0 aliphatic carbocycles. The number of nitrogens with two attached hydrogens (primary N) is 2. The van der Waals surface area contributed by atoms with Gasteiger partial charge in [0.1, 0.15) is 6.04 Å². The quantitative estimate of drug-likeness (QED) is 0.241. The van der Waals surface area contributed by atoms with Crippen molar-refractivity contribution >= 4 is 58.6 Å². The smallest absolute Gasteiger partial charge is 0.322 e. The third-order valence-corrected chi connectivity index (χ3v) is 5.21. The van der Waals surface area contributed by atoms with Crippen LogP contribution in [0.5, 0.6) is 0 Å². The first-order chi connectivity index (χ1) is 15.4. The summed E-state index contributed by atoms with van der Waals surface area (Å²) >= 11 is 0. The summed E-state index contributed by atoms with van der Waals surface area (Å²) in [5.41, 5.74) is 15.7. The molecule has 0 spiro atoms. The lowest BCUT2D eigenvalue weighted by molar-refractivity contribution is -0.142. The van der Waals surface area contributed by atoms with Crippen LogP contribution in [0.25, 0.3) is 21.8 Å². The minimum Gasteiger partial charge on any atom is -0.481 e. The number of methoxy groups -OCH3 is 1. The number of carbonyl (C=O) groups excluding carboxylic acids is 1. The molecule has 34 heavy (non-hydrogen) atoms. The molecular formula is C24H30Cl2N4O4. The fourth-order valence-electron chi connectivity index (χ4n) is 3.65. The van der Waals surface area contributed by atoms with Crippen LogP contribution in [0, 0.1) is 0 Å². The van der Waals surface area contributed by atoms with Gasteiger partial charge >= 0.3 is 11.9 Å². The van der Waals surface area contributed by atoms with Crippen LogP contribution < -0.4 is 11.5 Å². The van der Waals surface area contributed by atoms with Crippen molar-refractivity contribution in [3.63, 3.8) is 0 Å². The van der Waals surface area contributed by atoms with Crippen molar-refractivity contribution in [2.75, 3.05) is 7.11 Å². The Morgan fingerprint density at radius 2 is 1.35 bits per heavy atom. The number of aromatic amines is 2. The molecule has 8 nitrogen and oxygen atoms in total. The zero-order valence-corrected chi connectivity index (χ0v) is 20.3. The normalized spacial score (nSPS) is 12.0. The first-order valence-corrected chi connectivity index (χ1v) is 10.3. The van der Waals surface area contributed by atoms with Crippen molar-refractivity contribution in [1.82, 2.24) is 9.97 Å². The first-order valence-electron chi connectivity index (χ1n) is 10.3. The topological polar surface area (TPSA) is 147 Å². The van der Waals surface area contributed by atoms with Gasteiger partial charge in [0.15, 0.2) is 0 Å². The lowest BCUT2D eigenvalue weighted by atomic mass is 10.0. The van der Waals surface area contributed by atoms with E-state index in [1.165, 1.54) is 7.11 Å². The third-order valence-electron chi connectivity index (χ3n) is 5.21. The van der Waals surface area contributed by atoms with Gasteiger partial charge in [-0.1, -0.05) is 36.4 Å². The molecule has 2 aromatic heterocycles. The summed E-state index contributed by atoms with van der Waals surface area (Å²) in [5, 5.41) is 10.9. The molecule has 4 aromatic rings. The van der Waals surface area contributed by atoms with E-state index in [2.05, 4.69) is 14.7 Å². The van der Waals surface area contributed by atoms with Gasteiger partial charge in [0, 0.05) is 46.7 Å². The van der Waals surface area contributed by atoms with Crippen LogP contribution >= 0.6 is 24.8 Å². The Morgan fingerprint density at radius 1 is 0.882 bits per heavy atom. The summed E-state index contributed by atoms with van der Waals surface area (Å²) in [7, 11) is 1.34. The third kappa shape index (κ3) is 7.50. The van der Waals surface area contributed by atoms with E-state index in [9.17, 15) is 9.59 Å². The number of carboxylic acid groups (broad SMARTS) is 1. The standard InChI is InChI=1S/2C12H14N2O2.2ClH/c1-16-12(15)10(13)6-8-7-14-11-5-3-2-4-9(8)11;13-9(6-12(15)16)5-8-7-14-11-4-2-1-3-10(8)11;;/h2-5,7,10,14H,6,13H2,1H3;1-4,7,9,14H,5-6,13H2,(H,15,16);2*1H/t10-;9-;;/m00../s1. The Bertz CT molecular complexity index is 1210. The van der Waals surface area contributed by atoms with Crippen molar-refractivity contribution in [3.05, 3.63) is 72.1 Å². The summed E-state index contributed by atoms with van der Waals surface area (Å²) in [6.07, 6.45) is 4.84. The molecule has 0 fully saturated rings. The summed E-state index contributed by atoms with van der Waals surface area (Å²) < 4.78 is 4.60. The number of carboxylic acids is 1. The molecule has 10 heteroatoms. The minimum absolute atomic E-state index is 0. The van der Waals surface area contributed by atoms with E-state index in [0.29, 0.717) is 12.8 Å². The highest BCUT2D eigenvalue weighted by Crippen LogP contribution is 2.20. The zero-order chi connectivity index (χ0) is 23.1. The average Bonchev–Trinajstić information content (AvgIpc) is 3.37. The van der Waals surface area contributed by atoms with Gasteiger partial charge in [-0.15, -0.1) is 24.8 Å². The number of esters is 1. The monoisotopic (exact) mass is 508 g/mol. The molecule has 184 valence electrons. The van der Waals surface area contributed by atoms with E-state index in [0.717, 1.165) is 32.9 Å². The van der Waals surface area contributed by atoms with Crippen LogP contribution in [-0.2, 0) is 27.2 Å². The molecule has 0 saturated carbocycles. The number of rotatable bonds is 7. The van der Waals surface area contributed by atoms with Crippen molar-refractivity contribution < 1.29 is 19.4 Å². The number of nitrogens with one attached hydrogen (secondary N) is 2. The molecule has 2 aromatic carbocycles. The predicted octanol–water partition coefficient (Wildman–Crippen LogP) is 3.57. The maximum absolute atomic E-state index is 11.2. The van der Waals surface area contributed by atoms with E-state index in [-0.39, 0.29) is 43.2 Å². The molecule has 0 saturated heterocycles. The number of aliphatic carboxylic acids is 1. The summed E-state index contributed by atoms with van der Waals surface area (Å²) in [6.45, 7) is 0. The fourth-order valence-corrected chi connectivity index (χ4v) is 3.65. The second-order valence-electron chi connectivity index (χ2n) is 7.61. The number of benzene rings is 2. The maximum Gasteiger partial charge on any atom is 0.322 e. The van der Waals surface area contributed by atoms with Gasteiger partial charge in [0.25, 0.3) is 0 Å². The largest absolute Gasteiger partial charge is 0.481 e. The van der Waals surface area contributed by atoms with E-state index in [1.54, 1.807) is 0 Å². The predicted molar refractivity (Wildman–Crippen MR) is 139 cm³/mol. The van der Waals surface area contributed by atoms with Gasteiger partial charge in [0.05, 0.1) is 13.5 Å². The summed E-state index contributed by atoms with van der Waals surface area (Å²) in [4.78, 5) is 28.0. The number of halogens is 2. The molecule has 0 aliphatic heterocycles. The number of ether oxygens (including phenoxy) is 1. The Morgan fingerprint density at radius 3 is 1.82 bits per heavy atom. The lowest BCUT2D eigenvalue weighted by Gasteiger charge is -2.07. The fraction of sp³-hybridized carbons (Fsp3) is 0.250. The number of H-pyrrole nitrogens is 2. The van der Waals surface area contributed by atoms with Crippen molar-refractivity contribution in [1.29, 1.82) is 0 Å². The SMILES string of the molecule is COC(=O)[C@@H](N)Cc1c[nH]c2ccccc12.Cl.Cl.N[C@H](CC(=O)O)Cc1c[nH]c2ccccc12. The van der Waals surface area contributed by atoms with Crippen LogP contribution in [0.2, 0.25) is 0 Å². The van der Waals surface area contributed by atoms with Crippen LogP contribution in [0.1, 0.15) is 17.5 Å². The van der Waals surface area contributed by atoms with Crippen LogP contribution in [0.3, 0.4) is 0 Å². The average molecular weight is 509 g/mol. The molecule has 0 aliphatic rings. The first kappa shape index (κ1) is 29.0. The molecule has 0 radical (unpaired) electrons. The minimum atomic E-state index is -0.854. The number of aromatic nitrogens is 2. The summed E-state index contributed by atoms with van der Waals surface area (Å²) in [6, 6.07) is 14.9. The van der Waals surface area contributed by atoms with Crippen LogP contribution in [-0.4, -0.2) is 46.2 Å². The number of fused-ring (bicyclic) bond motifs is 2. The van der Waals surface area contributed by atoms with E-state index < -0.39 is 12.0 Å². The molecular weight excluding hydrogens is 479 g/mol. The lowest BCUT2D eigenvalue weighted by Crippen LogP contribution is -2.33. The van der Waals surface area contributed by atoms with Gasteiger partial charge in [-0.2, -0.15) is 0 Å². The maximum atomic E-state index is 11.2. The van der Waals surface area contributed by atoms with Crippen LogP contribution in [0.15, 0.2) is 60.9 Å². The van der Waals surface area contributed by atoms with Crippen molar-refractivity contribution in [2.45, 2.75) is 31.3 Å². The highest BCUT2D eigenvalue weighted by molar-refractivity contribution is 5.86. The van der Waals surface area contributed by atoms with Gasteiger partial charge in [-0.05, 0) is 29.7 Å². The zero-order valence-electron chi connectivity index (χ0n) is 18.7. The second kappa shape index (κ2) is 13.6. The molecule has 0 amide bonds. The molecule has 4 rings (SSSR count). The summed E-state index contributed by atoms with van der Waals surface area (Å²) in [5.74, 6) is -1.24. The van der Waals surface area contributed by atoms with Gasteiger partial charge in [-0.25, -0.2) is 0 Å². The van der Waals surface area contributed by atoms with E-state index >= 15 is 0 Å². The van der Waals surface area contributed by atoms with Gasteiger partial charge in [0.2, 0.25) is 0 Å². The Balaban J connectivity index is 0.000000321. The Kier molecular flexibility index (Phi) is 11.6. The van der Waals surface area contributed by atoms with E-state index in [4.69, 9.17) is 16.6 Å². The molecule has 2 atom stereocenters. The van der Waals surface area contributed by atoms with Gasteiger partial charge in [-0.3, -0.25) is 9.59 Å². The number of hydrogen-bond acceptors (Lipinski definition) is 5. The van der Waals surface area contributed by atoms with Crippen molar-refractivity contribution in [2.24, 2.45) is 11.5 Å².